The molecular formula is C33H48N7NaO6. The second-order valence-corrected chi connectivity index (χ2v) is 11.6. The molecule has 0 fully saturated rings. The van der Waals surface area contributed by atoms with Crippen LogP contribution in [0.5, 0.6) is 0 Å². The molecule has 2 unspecified atom stereocenters. The summed E-state index contributed by atoms with van der Waals surface area (Å²) in [4.78, 5) is 35.3. The van der Waals surface area contributed by atoms with Gasteiger partial charge in [0.25, 0.3) is 0 Å². The largest absolute Gasteiger partial charge is 1.00 e. The number of hydrogen-bond acceptors (Lipinski definition) is 11. The molecule has 2 aromatic rings. The summed E-state index contributed by atoms with van der Waals surface area (Å²) in [5, 5.41) is 31.5. The molecule has 252 valence electrons. The van der Waals surface area contributed by atoms with E-state index < -0.39 is 24.1 Å². The number of nitrogens with zero attached hydrogens (tertiary/aromatic N) is 5. The zero-order chi connectivity index (χ0) is 34.9. The molecule has 0 aliphatic carbocycles. The first kappa shape index (κ1) is 43.2. The molecule has 2 atom stereocenters. The Kier molecular flexibility index (Phi) is 20.1. The predicted molar refractivity (Wildman–Crippen MR) is 176 cm³/mol. The molecule has 2 heterocycles. The topological polar surface area (TPSA) is 180 Å². The van der Waals surface area contributed by atoms with Crippen molar-refractivity contribution in [3.8, 4) is 0 Å². The fraction of sp³-hybridized carbons (Fsp3) is 0.455. The van der Waals surface area contributed by atoms with Crippen LogP contribution >= 0.6 is 0 Å². The summed E-state index contributed by atoms with van der Waals surface area (Å²) in [5.41, 5.74) is 4.29. The number of likely N-dealkylation sites (N-methyl/N-ethyl adjacent to an activating group) is 1. The number of hydrogen-bond donors (Lipinski definition) is 3. The third-order valence-electron chi connectivity index (χ3n) is 5.94. The van der Waals surface area contributed by atoms with Gasteiger partial charge in [-0.05, 0) is 46.6 Å². The quantitative estimate of drug-likeness (QED) is 0.0614. The molecule has 0 aliphatic rings. The number of carboxylic acids is 1. The Morgan fingerprint density at radius 3 is 2.45 bits per heavy atom. The minimum absolute atomic E-state index is 0. The molecule has 0 saturated heterocycles. The third kappa shape index (κ3) is 16.6. The van der Waals surface area contributed by atoms with Crippen LogP contribution in [0.1, 0.15) is 84.4 Å². The van der Waals surface area contributed by atoms with Gasteiger partial charge < -0.3 is 34.8 Å². The fourth-order valence-corrected chi connectivity index (χ4v) is 3.79. The molecule has 0 aromatic carbocycles. The standard InChI is InChI=1S/C25H37N7O6.C8H12.Na/c1-15(2)29-23(19(26-7)11-18-22(25(4,5)6)28-13-27-18)38-14-37-20(34)10-8-9-17-12-32(31-30-17)21(16(3)33)24(35)36;1-4-5-6-7-8(2)3;/h11-13,16,21,26,33H,1,8-10,14H2,2-7H3,(H,27,28)(H,35,36);4-7H,1H2,2-3H3;/q;;+1/p-1/b19-11-,29-23?;6-5-;. The van der Waals surface area contributed by atoms with E-state index in [0.29, 0.717) is 35.6 Å². The third-order valence-corrected chi connectivity index (χ3v) is 5.94. The average Bonchev–Trinajstić information content (AvgIpc) is 3.61. The van der Waals surface area contributed by atoms with Crippen molar-refractivity contribution in [2.45, 2.75) is 85.3 Å². The van der Waals surface area contributed by atoms with Gasteiger partial charge in [-0.1, -0.05) is 69.0 Å². The maximum absolute atomic E-state index is 12.2. The average molecular weight is 662 g/mol. The van der Waals surface area contributed by atoms with E-state index in [1.807, 2.05) is 18.2 Å². The number of allylic oxidation sites excluding steroid dienone is 6. The van der Waals surface area contributed by atoms with Gasteiger partial charge in [0.05, 0.1) is 35.5 Å². The molecule has 13 nitrogen and oxygen atoms in total. The van der Waals surface area contributed by atoms with Crippen molar-refractivity contribution in [3.05, 3.63) is 84.0 Å². The number of aliphatic carboxylic acids is 1. The van der Waals surface area contributed by atoms with Crippen LogP contribution in [-0.2, 0) is 30.9 Å². The summed E-state index contributed by atoms with van der Waals surface area (Å²) in [6.07, 6.45) is 12.1. The number of carboxylic acid groups (broad SMARTS) is 1. The number of aryl methyl sites for hydroxylation is 1. The van der Waals surface area contributed by atoms with E-state index in [1.54, 1.807) is 32.5 Å². The number of carbonyl (C=O) groups excluding carboxylic acids is 2. The van der Waals surface area contributed by atoms with Crippen molar-refractivity contribution >= 4 is 23.9 Å². The Hall–Kier alpha value is -3.78. The molecule has 0 bridgehead atoms. The van der Waals surface area contributed by atoms with Crippen LogP contribution in [0.15, 0.2) is 71.9 Å². The summed E-state index contributed by atoms with van der Waals surface area (Å²) >= 11 is 0. The van der Waals surface area contributed by atoms with Gasteiger partial charge in [-0.3, -0.25) is 4.79 Å². The van der Waals surface area contributed by atoms with Crippen molar-refractivity contribution in [1.29, 1.82) is 0 Å². The van der Waals surface area contributed by atoms with Crippen molar-refractivity contribution in [2.75, 3.05) is 13.8 Å². The van der Waals surface area contributed by atoms with Crippen LogP contribution < -0.4 is 40.0 Å². The van der Waals surface area contributed by atoms with E-state index >= 15 is 0 Å². The number of aliphatic hydroxyl groups excluding tert-OH is 1. The van der Waals surface area contributed by atoms with E-state index in [2.05, 4.69) is 78.4 Å². The Morgan fingerprint density at radius 1 is 1.23 bits per heavy atom. The summed E-state index contributed by atoms with van der Waals surface area (Å²) in [7, 11) is 1.71. The SMILES string of the molecule is C=C(C)N=C(OCOC(=O)CCCc1cn(C(C(=O)[O-])C(C)O)nn1)/C(=C/c1nc[nH]c1C(C)(C)C)NC.C=C/C=C\C=C(C)C.[Na+]. The number of aliphatic imine (C=N–C) groups is 1. The van der Waals surface area contributed by atoms with Crippen LogP contribution in [0, 0.1) is 0 Å². The molecule has 0 spiro atoms. The second kappa shape index (κ2) is 21.9. The molecule has 0 radical (unpaired) electrons. The zero-order valence-corrected chi connectivity index (χ0v) is 31.2. The van der Waals surface area contributed by atoms with Gasteiger partial charge in [0, 0.05) is 36.5 Å². The number of imidazole rings is 1. The van der Waals surface area contributed by atoms with E-state index in [1.165, 1.54) is 18.7 Å². The number of ether oxygens (including phenoxy) is 2. The van der Waals surface area contributed by atoms with Gasteiger partial charge in [-0.15, -0.1) is 5.10 Å². The van der Waals surface area contributed by atoms with Crippen LogP contribution in [0.3, 0.4) is 0 Å². The first-order chi connectivity index (χ1) is 21.6. The van der Waals surface area contributed by atoms with Crippen LogP contribution in [0.4, 0.5) is 0 Å². The van der Waals surface area contributed by atoms with E-state index in [4.69, 9.17) is 9.47 Å². The smallest absolute Gasteiger partial charge is 0.548 e. The number of aliphatic hydroxyl groups is 1. The normalized spacial score (nSPS) is 13.0. The molecule has 0 saturated carbocycles. The van der Waals surface area contributed by atoms with E-state index in [9.17, 15) is 19.8 Å². The van der Waals surface area contributed by atoms with Crippen molar-refractivity contribution in [2.24, 2.45) is 4.99 Å². The van der Waals surface area contributed by atoms with Gasteiger partial charge in [0.1, 0.15) is 6.04 Å². The van der Waals surface area contributed by atoms with Gasteiger partial charge >= 0.3 is 35.5 Å². The van der Waals surface area contributed by atoms with Crippen LogP contribution in [0.25, 0.3) is 6.08 Å². The number of rotatable bonds is 15. The number of H-pyrrole nitrogens is 1. The molecule has 2 rings (SSSR count). The Labute approximate surface area is 299 Å². The van der Waals surface area contributed by atoms with Gasteiger partial charge in [-0.2, -0.15) is 0 Å². The summed E-state index contributed by atoms with van der Waals surface area (Å²) in [6.45, 7) is 20.3. The number of carbonyl (C=O) groups is 2. The van der Waals surface area contributed by atoms with Crippen molar-refractivity contribution in [3.63, 3.8) is 0 Å². The minimum atomic E-state index is -1.47. The summed E-state index contributed by atoms with van der Waals surface area (Å²) in [6, 6.07) is -1.35. The monoisotopic (exact) mass is 661 g/mol. The number of aromatic nitrogens is 5. The maximum atomic E-state index is 12.2. The number of nitrogens with one attached hydrogen (secondary N) is 2. The maximum Gasteiger partial charge on any atom is 1.00 e. The van der Waals surface area contributed by atoms with E-state index in [0.717, 1.165) is 10.4 Å². The van der Waals surface area contributed by atoms with E-state index in [-0.39, 0.29) is 54.1 Å². The Morgan fingerprint density at radius 2 is 1.91 bits per heavy atom. The fourth-order valence-electron chi connectivity index (χ4n) is 3.79. The first-order valence-electron chi connectivity index (χ1n) is 14.8. The molecule has 2 aromatic heterocycles. The van der Waals surface area contributed by atoms with Crippen molar-refractivity contribution in [1.82, 2.24) is 30.3 Å². The van der Waals surface area contributed by atoms with Gasteiger partial charge in [0.2, 0.25) is 12.7 Å². The molecule has 0 amide bonds. The summed E-state index contributed by atoms with van der Waals surface area (Å²) < 4.78 is 11.9. The molecule has 14 heteroatoms. The molecule has 47 heavy (non-hydrogen) atoms. The first-order valence-corrected chi connectivity index (χ1v) is 14.8. The van der Waals surface area contributed by atoms with Gasteiger partial charge in [0.15, 0.2) is 0 Å². The molecule has 0 aliphatic heterocycles. The molecular weight excluding hydrogens is 613 g/mol. The second-order valence-electron chi connectivity index (χ2n) is 11.6. The predicted octanol–water partition coefficient (Wildman–Crippen LogP) is 0.702. The number of esters is 1. The zero-order valence-electron chi connectivity index (χ0n) is 29.2. The van der Waals surface area contributed by atoms with Crippen molar-refractivity contribution < 1.29 is 58.8 Å². The summed E-state index contributed by atoms with van der Waals surface area (Å²) in [5.74, 6) is -1.78. The van der Waals surface area contributed by atoms with Crippen LogP contribution in [0.2, 0.25) is 0 Å². The Balaban J connectivity index is 0.00000208. The van der Waals surface area contributed by atoms with Gasteiger partial charge in [-0.25, -0.2) is 14.7 Å². The number of aromatic amines is 1. The minimum Gasteiger partial charge on any atom is -0.548 e. The van der Waals surface area contributed by atoms with Crippen LogP contribution in [-0.4, -0.2) is 67.8 Å². The Bertz CT molecular complexity index is 1430. The molecule has 3 N–H and O–H groups in total.